The largest absolute Gasteiger partial charge is 0.203 e. The number of halogens is 5. The zero-order valence-electron chi connectivity index (χ0n) is 10.1. The molecule has 0 heterocycles. The van der Waals surface area contributed by atoms with E-state index >= 15 is 0 Å². The van der Waals surface area contributed by atoms with E-state index in [1.165, 1.54) is 0 Å². The van der Waals surface area contributed by atoms with Gasteiger partial charge in [0.1, 0.15) is 0 Å². The second-order valence-corrected chi connectivity index (χ2v) is 4.96. The van der Waals surface area contributed by atoms with Crippen LogP contribution in [0, 0.1) is 35.0 Å². The van der Waals surface area contributed by atoms with Crippen molar-refractivity contribution in [1.29, 1.82) is 0 Å². The molecule has 1 fully saturated rings. The molecule has 0 spiro atoms. The highest BCUT2D eigenvalue weighted by Gasteiger charge is 2.55. The zero-order chi connectivity index (χ0) is 13.7. The highest BCUT2D eigenvalue weighted by Crippen LogP contribution is 2.58. The van der Waals surface area contributed by atoms with Crippen molar-refractivity contribution in [1.82, 2.24) is 0 Å². The molecule has 0 radical (unpaired) electrons. The summed E-state index contributed by atoms with van der Waals surface area (Å²) < 4.78 is 66.7. The molecule has 100 valence electrons. The Morgan fingerprint density at radius 3 is 1.67 bits per heavy atom. The SMILES string of the molecule is CCCC1(c2c(F)c(F)c(F)c(F)c2F)CC1C. The van der Waals surface area contributed by atoms with Gasteiger partial charge in [-0.05, 0) is 18.8 Å². The molecule has 0 bridgehead atoms. The first kappa shape index (κ1) is 13.3. The second-order valence-electron chi connectivity index (χ2n) is 4.96. The van der Waals surface area contributed by atoms with Gasteiger partial charge >= 0.3 is 0 Å². The van der Waals surface area contributed by atoms with E-state index in [2.05, 4.69) is 0 Å². The molecule has 1 aromatic rings. The van der Waals surface area contributed by atoms with E-state index in [0.29, 0.717) is 19.3 Å². The van der Waals surface area contributed by atoms with E-state index in [9.17, 15) is 22.0 Å². The maximum absolute atomic E-state index is 13.7. The van der Waals surface area contributed by atoms with E-state index in [1.807, 2.05) is 6.92 Å². The highest BCUT2D eigenvalue weighted by atomic mass is 19.2. The first-order valence-electron chi connectivity index (χ1n) is 5.88. The van der Waals surface area contributed by atoms with Gasteiger partial charge in [0, 0.05) is 11.0 Å². The first-order chi connectivity index (χ1) is 8.36. The van der Waals surface area contributed by atoms with E-state index in [1.54, 1.807) is 6.92 Å². The lowest BCUT2D eigenvalue weighted by molar-refractivity contribution is 0.355. The van der Waals surface area contributed by atoms with E-state index in [4.69, 9.17) is 0 Å². The van der Waals surface area contributed by atoms with Crippen LogP contribution in [0.5, 0.6) is 0 Å². The Hall–Kier alpha value is -1.13. The smallest absolute Gasteiger partial charge is 0.200 e. The van der Waals surface area contributed by atoms with Crippen molar-refractivity contribution in [3.63, 3.8) is 0 Å². The lowest BCUT2D eigenvalue weighted by atomic mass is 9.87. The molecule has 2 atom stereocenters. The van der Waals surface area contributed by atoms with Crippen LogP contribution in [0.2, 0.25) is 0 Å². The number of hydrogen-bond donors (Lipinski definition) is 0. The lowest BCUT2D eigenvalue weighted by Gasteiger charge is -2.19. The Bertz CT molecular complexity index is 468. The Morgan fingerprint density at radius 1 is 0.944 bits per heavy atom. The Morgan fingerprint density at radius 2 is 1.33 bits per heavy atom. The fourth-order valence-corrected chi connectivity index (χ4v) is 2.80. The molecule has 2 unspecified atom stereocenters. The summed E-state index contributed by atoms with van der Waals surface area (Å²) in [6, 6.07) is 0. The molecule has 5 heteroatoms. The molecule has 0 amide bonds. The molecular formula is C13H13F5. The topological polar surface area (TPSA) is 0 Å². The van der Waals surface area contributed by atoms with Crippen LogP contribution in [-0.2, 0) is 5.41 Å². The summed E-state index contributed by atoms with van der Waals surface area (Å²) in [6.45, 7) is 3.58. The van der Waals surface area contributed by atoms with E-state index < -0.39 is 40.1 Å². The summed E-state index contributed by atoms with van der Waals surface area (Å²) in [5.41, 5.74) is -1.52. The standard InChI is InChI=1S/C13H13F5/c1-3-4-13(5-6(13)2)7-8(14)10(16)12(18)11(17)9(7)15/h6H,3-5H2,1-2H3. The maximum atomic E-state index is 13.7. The van der Waals surface area contributed by atoms with Gasteiger partial charge in [-0.1, -0.05) is 20.3 Å². The minimum absolute atomic E-state index is 0.0642. The van der Waals surface area contributed by atoms with E-state index in [-0.39, 0.29) is 5.92 Å². The first-order valence-corrected chi connectivity index (χ1v) is 5.88. The van der Waals surface area contributed by atoms with Gasteiger partial charge < -0.3 is 0 Å². The van der Waals surface area contributed by atoms with Crippen molar-refractivity contribution >= 4 is 0 Å². The minimum atomic E-state index is -2.09. The third-order valence-corrected chi connectivity index (χ3v) is 3.86. The molecule has 0 saturated heterocycles. The van der Waals surface area contributed by atoms with Gasteiger partial charge in [-0.2, -0.15) is 0 Å². The zero-order valence-corrected chi connectivity index (χ0v) is 10.1. The van der Waals surface area contributed by atoms with Crippen molar-refractivity contribution in [2.75, 3.05) is 0 Å². The van der Waals surface area contributed by atoms with Crippen molar-refractivity contribution in [3.05, 3.63) is 34.6 Å². The number of benzene rings is 1. The van der Waals surface area contributed by atoms with Gasteiger partial charge in [-0.3, -0.25) is 0 Å². The molecule has 0 nitrogen and oxygen atoms in total. The summed E-state index contributed by atoms with van der Waals surface area (Å²) in [7, 11) is 0. The van der Waals surface area contributed by atoms with E-state index in [0.717, 1.165) is 0 Å². The monoisotopic (exact) mass is 264 g/mol. The van der Waals surface area contributed by atoms with Crippen molar-refractivity contribution < 1.29 is 22.0 Å². The lowest BCUT2D eigenvalue weighted by Crippen LogP contribution is -2.18. The van der Waals surface area contributed by atoms with Crippen LogP contribution in [-0.4, -0.2) is 0 Å². The van der Waals surface area contributed by atoms with Crippen molar-refractivity contribution in [2.45, 2.75) is 38.5 Å². The third-order valence-electron chi connectivity index (χ3n) is 3.86. The van der Waals surface area contributed by atoms with Crippen LogP contribution >= 0.6 is 0 Å². The minimum Gasteiger partial charge on any atom is -0.203 e. The fraction of sp³-hybridized carbons (Fsp3) is 0.538. The molecule has 1 aromatic carbocycles. The molecule has 18 heavy (non-hydrogen) atoms. The molecular weight excluding hydrogens is 251 g/mol. The Labute approximate surface area is 102 Å². The molecule has 0 aliphatic heterocycles. The van der Waals surface area contributed by atoms with Gasteiger partial charge in [-0.15, -0.1) is 0 Å². The Balaban J connectivity index is 2.65. The van der Waals surface area contributed by atoms with Gasteiger partial charge in [0.05, 0.1) is 0 Å². The summed E-state index contributed by atoms with van der Waals surface area (Å²) in [4.78, 5) is 0. The summed E-state index contributed by atoms with van der Waals surface area (Å²) in [5.74, 6) is -9.20. The van der Waals surface area contributed by atoms with Crippen LogP contribution in [0.4, 0.5) is 22.0 Å². The molecule has 0 aromatic heterocycles. The molecule has 1 aliphatic carbocycles. The predicted molar refractivity (Wildman–Crippen MR) is 56.6 cm³/mol. The fourth-order valence-electron chi connectivity index (χ4n) is 2.80. The average molecular weight is 264 g/mol. The number of hydrogen-bond acceptors (Lipinski definition) is 0. The molecule has 0 N–H and O–H groups in total. The normalized spacial score (nSPS) is 26.5. The summed E-state index contributed by atoms with van der Waals surface area (Å²) >= 11 is 0. The molecule has 2 rings (SSSR count). The van der Waals surface area contributed by atoms with Gasteiger partial charge in [0.25, 0.3) is 0 Å². The number of rotatable bonds is 3. The van der Waals surface area contributed by atoms with Crippen molar-refractivity contribution in [3.8, 4) is 0 Å². The molecule has 1 aliphatic rings. The molecule has 1 saturated carbocycles. The quantitative estimate of drug-likeness (QED) is 0.429. The third kappa shape index (κ3) is 1.63. The van der Waals surface area contributed by atoms with Crippen LogP contribution in [0.1, 0.15) is 38.7 Å². The van der Waals surface area contributed by atoms with Gasteiger partial charge in [0.15, 0.2) is 23.3 Å². The summed E-state index contributed by atoms with van der Waals surface area (Å²) in [5, 5.41) is 0. The highest BCUT2D eigenvalue weighted by molar-refractivity contribution is 5.37. The van der Waals surface area contributed by atoms with Crippen LogP contribution in [0.25, 0.3) is 0 Å². The predicted octanol–water partition coefficient (Wildman–Crippen LogP) is 4.46. The second kappa shape index (κ2) is 4.21. The van der Waals surface area contributed by atoms with Crippen LogP contribution in [0.15, 0.2) is 0 Å². The van der Waals surface area contributed by atoms with Gasteiger partial charge in [-0.25, -0.2) is 22.0 Å². The maximum Gasteiger partial charge on any atom is 0.200 e. The average Bonchev–Trinajstić information content (AvgIpc) is 2.96. The van der Waals surface area contributed by atoms with Crippen molar-refractivity contribution in [2.24, 2.45) is 5.92 Å². The Kier molecular flexibility index (Phi) is 3.11. The summed E-state index contributed by atoms with van der Waals surface area (Å²) in [6.07, 6.45) is 1.51. The van der Waals surface area contributed by atoms with Crippen LogP contribution in [0.3, 0.4) is 0 Å². The van der Waals surface area contributed by atoms with Gasteiger partial charge in [0.2, 0.25) is 5.82 Å². The van der Waals surface area contributed by atoms with Crippen LogP contribution < -0.4 is 0 Å².